The molecule has 1 aliphatic rings. The summed E-state index contributed by atoms with van der Waals surface area (Å²) in [5, 5.41) is 13.8. The Labute approximate surface area is 189 Å². The van der Waals surface area contributed by atoms with Crippen molar-refractivity contribution in [3.05, 3.63) is 71.4 Å². The van der Waals surface area contributed by atoms with Crippen molar-refractivity contribution in [3.8, 4) is 5.75 Å². The van der Waals surface area contributed by atoms with Crippen LogP contribution in [0.3, 0.4) is 0 Å². The quantitative estimate of drug-likeness (QED) is 0.477. The van der Waals surface area contributed by atoms with Gasteiger partial charge in [-0.25, -0.2) is 0 Å². The third kappa shape index (κ3) is 5.46. The first-order chi connectivity index (χ1) is 15.5. The lowest BCUT2D eigenvalue weighted by molar-refractivity contribution is -0.141. The number of rotatable bonds is 9. The lowest BCUT2D eigenvalue weighted by atomic mass is 10.0. The summed E-state index contributed by atoms with van der Waals surface area (Å²) < 4.78 is 6.15. The summed E-state index contributed by atoms with van der Waals surface area (Å²) in [6.45, 7) is 5.66. The molecule has 1 aromatic heterocycles. The van der Waals surface area contributed by atoms with Crippen molar-refractivity contribution in [1.82, 2.24) is 10.3 Å². The highest BCUT2D eigenvalue weighted by atomic mass is 16.5. The van der Waals surface area contributed by atoms with Gasteiger partial charge in [0.1, 0.15) is 17.9 Å². The Morgan fingerprint density at radius 2 is 1.91 bits per heavy atom. The van der Waals surface area contributed by atoms with Crippen molar-refractivity contribution in [2.75, 3.05) is 0 Å². The van der Waals surface area contributed by atoms with Crippen LogP contribution >= 0.6 is 0 Å². The van der Waals surface area contributed by atoms with E-state index in [-0.39, 0.29) is 12.0 Å². The zero-order valence-corrected chi connectivity index (χ0v) is 18.9. The Hall–Kier alpha value is -2.92. The summed E-state index contributed by atoms with van der Waals surface area (Å²) in [7, 11) is 0. The van der Waals surface area contributed by atoms with E-state index in [1.54, 1.807) is 6.20 Å². The second-order valence-corrected chi connectivity index (χ2v) is 9.25. The molecule has 1 saturated carbocycles. The number of fused-ring (bicyclic) bond motifs is 1. The van der Waals surface area contributed by atoms with Crippen LogP contribution in [-0.4, -0.2) is 22.1 Å². The van der Waals surface area contributed by atoms with Gasteiger partial charge in [-0.15, -0.1) is 0 Å². The van der Waals surface area contributed by atoms with E-state index < -0.39 is 5.97 Å². The smallest absolute Gasteiger partial charge is 0.306 e. The fourth-order valence-corrected chi connectivity index (χ4v) is 4.53. The number of aliphatic carboxylic acids is 1. The highest BCUT2D eigenvalue weighted by Gasteiger charge is 2.29. The number of carboxylic acids is 1. The maximum atomic E-state index is 11.2. The Kier molecular flexibility index (Phi) is 7.05. The number of nitrogens with zero attached hydrogens (tertiary/aromatic N) is 1. The molecule has 1 fully saturated rings. The average Bonchev–Trinajstić information content (AvgIpc) is 3.27. The largest absolute Gasteiger partial charge is 0.487 e. The van der Waals surface area contributed by atoms with Gasteiger partial charge in [-0.05, 0) is 60.4 Å². The number of benzene rings is 2. The van der Waals surface area contributed by atoms with E-state index in [4.69, 9.17) is 4.74 Å². The molecule has 168 valence electrons. The summed E-state index contributed by atoms with van der Waals surface area (Å²) in [5.74, 6) is 0.526. The van der Waals surface area contributed by atoms with Crippen LogP contribution in [0.1, 0.15) is 49.8 Å². The number of ether oxygens (including phenoxy) is 1. The van der Waals surface area contributed by atoms with Crippen LogP contribution in [0.4, 0.5) is 0 Å². The van der Waals surface area contributed by atoms with E-state index in [0.29, 0.717) is 25.5 Å². The molecule has 2 atom stereocenters. The van der Waals surface area contributed by atoms with Gasteiger partial charge in [0.15, 0.2) is 0 Å². The van der Waals surface area contributed by atoms with Crippen molar-refractivity contribution in [2.45, 2.75) is 58.7 Å². The topological polar surface area (TPSA) is 71.5 Å². The normalized spacial score (nSPS) is 18.3. The molecule has 0 bridgehead atoms. The summed E-state index contributed by atoms with van der Waals surface area (Å²) in [5.41, 5.74) is 4.50. The monoisotopic (exact) mass is 432 g/mol. The molecule has 2 N–H and O–H groups in total. The number of carboxylic acid groups (broad SMARTS) is 1. The van der Waals surface area contributed by atoms with Gasteiger partial charge in [-0.2, -0.15) is 0 Å². The molecule has 0 aliphatic heterocycles. The van der Waals surface area contributed by atoms with E-state index in [2.05, 4.69) is 60.5 Å². The molecule has 2 unspecified atom stereocenters. The molecule has 0 radical (unpaired) electrons. The van der Waals surface area contributed by atoms with Crippen LogP contribution in [0.2, 0.25) is 0 Å². The molecule has 3 aromatic rings. The number of carbonyl (C=O) groups is 1. The predicted octanol–water partition coefficient (Wildman–Crippen LogP) is 5.36. The first-order valence-corrected chi connectivity index (χ1v) is 11.5. The summed E-state index contributed by atoms with van der Waals surface area (Å²) >= 11 is 0. The van der Waals surface area contributed by atoms with Gasteiger partial charge in [0.2, 0.25) is 0 Å². The third-order valence-electron chi connectivity index (χ3n) is 6.25. The lowest BCUT2D eigenvalue weighted by Crippen LogP contribution is -2.26. The number of nitrogens with one attached hydrogen (secondary N) is 1. The van der Waals surface area contributed by atoms with E-state index in [1.807, 2.05) is 12.1 Å². The summed E-state index contributed by atoms with van der Waals surface area (Å²) in [4.78, 5) is 15.8. The summed E-state index contributed by atoms with van der Waals surface area (Å²) in [6, 6.07) is 17.0. The third-order valence-corrected chi connectivity index (χ3v) is 6.25. The van der Waals surface area contributed by atoms with Gasteiger partial charge in [0, 0.05) is 24.2 Å². The SMILES string of the molecule is CC(C)Cc1ccc(COc2ccc(CNC3CCC(C(=O)O)C3)c3cccnc23)cc1. The van der Waals surface area contributed by atoms with E-state index in [9.17, 15) is 9.90 Å². The van der Waals surface area contributed by atoms with Gasteiger partial charge >= 0.3 is 5.97 Å². The number of aromatic nitrogens is 1. The lowest BCUT2D eigenvalue weighted by Gasteiger charge is -2.15. The number of hydrogen-bond donors (Lipinski definition) is 2. The van der Waals surface area contributed by atoms with E-state index in [1.165, 1.54) is 5.56 Å². The first kappa shape index (κ1) is 22.3. The van der Waals surface area contributed by atoms with Gasteiger partial charge in [0.05, 0.1) is 5.92 Å². The van der Waals surface area contributed by atoms with Gasteiger partial charge in [-0.1, -0.05) is 50.2 Å². The molecular formula is C27H32N2O3. The molecular weight excluding hydrogens is 400 g/mol. The Morgan fingerprint density at radius 3 is 2.62 bits per heavy atom. The minimum absolute atomic E-state index is 0.221. The molecule has 0 spiro atoms. The molecule has 0 amide bonds. The van der Waals surface area contributed by atoms with Crippen LogP contribution in [-0.2, 0) is 24.4 Å². The van der Waals surface area contributed by atoms with Crippen molar-refractivity contribution in [1.29, 1.82) is 0 Å². The molecule has 1 heterocycles. The Bertz CT molecular complexity index is 1060. The predicted molar refractivity (Wildman–Crippen MR) is 127 cm³/mol. The minimum Gasteiger partial charge on any atom is -0.487 e. The fourth-order valence-electron chi connectivity index (χ4n) is 4.53. The molecule has 5 heteroatoms. The van der Waals surface area contributed by atoms with Crippen LogP contribution < -0.4 is 10.1 Å². The Morgan fingerprint density at radius 1 is 1.12 bits per heavy atom. The second kappa shape index (κ2) is 10.1. The highest BCUT2D eigenvalue weighted by molar-refractivity contribution is 5.87. The second-order valence-electron chi connectivity index (χ2n) is 9.25. The number of pyridine rings is 1. The zero-order valence-electron chi connectivity index (χ0n) is 18.9. The summed E-state index contributed by atoms with van der Waals surface area (Å²) in [6.07, 6.45) is 5.23. The van der Waals surface area contributed by atoms with E-state index >= 15 is 0 Å². The first-order valence-electron chi connectivity index (χ1n) is 11.5. The van der Waals surface area contributed by atoms with Gasteiger partial charge < -0.3 is 15.2 Å². The molecule has 1 aliphatic carbocycles. The van der Waals surface area contributed by atoms with E-state index in [0.717, 1.165) is 47.0 Å². The molecule has 2 aromatic carbocycles. The molecule has 4 rings (SSSR count). The molecule has 32 heavy (non-hydrogen) atoms. The van der Waals surface area contributed by atoms with Crippen molar-refractivity contribution < 1.29 is 14.6 Å². The van der Waals surface area contributed by atoms with Crippen molar-refractivity contribution in [2.24, 2.45) is 11.8 Å². The average molecular weight is 433 g/mol. The maximum Gasteiger partial charge on any atom is 0.306 e. The molecule has 0 saturated heterocycles. The number of hydrogen-bond acceptors (Lipinski definition) is 4. The standard InChI is InChI=1S/C27H32N2O3/c1-18(2)14-19-5-7-20(8-6-19)17-32-25-12-10-22(24-4-3-13-28-26(24)25)16-29-23-11-9-21(15-23)27(30)31/h3-8,10,12-13,18,21,23,29H,9,11,14-17H2,1-2H3,(H,30,31). The van der Waals surface area contributed by atoms with Gasteiger partial charge in [-0.3, -0.25) is 9.78 Å². The molecule has 5 nitrogen and oxygen atoms in total. The van der Waals surface area contributed by atoms with Crippen molar-refractivity contribution in [3.63, 3.8) is 0 Å². The van der Waals surface area contributed by atoms with Crippen LogP contribution in [0, 0.1) is 11.8 Å². The van der Waals surface area contributed by atoms with Crippen LogP contribution in [0.15, 0.2) is 54.7 Å². The zero-order chi connectivity index (χ0) is 22.5. The Balaban J connectivity index is 1.42. The minimum atomic E-state index is -0.681. The fraction of sp³-hybridized carbons (Fsp3) is 0.407. The van der Waals surface area contributed by atoms with Crippen LogP contribution in [0.5, 0.6) is 5.75 Å². The maximum absolute atomic E-state index is 11.2. The van der Waals surface area contributed by atoms with Crippen molar-refractivity contribution >= 4 is 16.9 Å². The van der Waals surface area contributed by atoms with Crippen LogP contribution in [0.25, 0.3) is 10.9 Å². The van der Waals surface area contributed by atoms with Gasteiger partial charge in [0.25, 0.3) is 0 Å². The highest BCUT2D eigenvalue weighted by Crippen LogP contribution is 2.29.